The van der Waals surface area contributed by atoms with E-state index in [0.29, 0.717) is 24.2 Å². The number of nitrogens with zero attached hydrogens (tertiary/aromatic N) is 4. The van der Waals surface area contributed by atoms with Crippen LogP contribution in [0.2, 0.25) is 0 Å². The lowest BCUT2D eigenvalue weighted by molar-refractivity contribution is 0.149. The van der Waals surface area contributed by atoms with Crippen molar-refractivity contribution in [3.63, 3.8) is 0 Å². The van der Waals surface area contributed by atoms with E-state index in [0.717, 1.165) is 29.7 Å². The molecule has 0 saturated heterocycles. The Morgan fingerprint density at radius 1 is 1.15 bits per heavy atom. The average molecular weight is 537 g/mol. The highest BCUT2D eigenvalue weighted by molar-refractivity contribution is 5.67. The number of imidazole rings is 1. The number of nitrogens with one attached hydrogen (secondary N) is 1. The number of carbonyl (C=O) groups excluding carboxylic acids is 1. The molecule has 0 aliphatic heterocycles. The number of fused-ring (bicyclic) bond motifs is 1. The number of aromatic nitrogens is 4. The van der Waals surface area contributed by atoms with Gasteiger partial charge in [0.1, 0.15) is 23.2 Å². The molecule has 5 rings (SSSR count). The molecular formula is C28H30F2N6O3. The maximum Gasteiger partial charge on any atom is 0.407 e. The number of carbonyl (C=O) groups is 1. The normalized spacial score (nSPS) is 21.1. The number of methoxy groups -OCH3 is 2. The third-order valence-electron chi connectivity index (χ3n) is 7.45. The van der Waals surface area contributed by atoms with Crippen molar-refractivity contribution in [1.29, 1.82) is 0 Å². The maximum atomic E-state index is 14.8. The van der Waals surface area contributed by atoms with Crippen LogP contribution in [0, 0.1) is 17.6 Å². The second-order valence-electron chi connectivity index (χ2n) is 9.92. The molecule has 9 nitrogen and oxygen atoms in total. The minimum absolute atomic E-state index is 0.0893. The zero-order chi connectivity index (χ0) is 27.7. The van der Waals surface area contributed by atoms with Crippen LogP contribution in [0.25, 0.3) is 16.8 Å². The van der Waals surface area contributed by atoms with Gasteiger partial charge in [-0.05, 0) is 54.0 Å². The van der Waals surface area contributed by atoms with Crippen molar-refractivity contribution < 1.29 is 23.0 Å². The van der Waals surface area contributed by atoms with Crippen LogP contribution in [0.1, 0.15) is 42.6 Å². The standard InChI is InChI=1S/C28H30F2N6O3/c1-15-8-16(9-23(31)27(15)34-28(37)39-3)20-6-7-32-13-17(20)10-25-33-14-18-4-5-24(35-36(18)25)26-21(29)11-19(38-2)12-22(26)30/h4-7,11-16,23,27H,8-10,31H2,1-3H3,(H,34,37)/t15-,16+,23+,27-/m0/s1. The van der Waals surface area contributed by atoms with Crippen molar-refractivity contribution in [2.24, 2.45) is 11.7 Å². The SMILES string of the molecule is COC(=O)N[C@@H]1[C@H](N)C[C@H](c2ccncc2Cc2ncc3ccc(-c4c(F)cc(OC)cc4F)nn23)C[C@@H]1C. The van der Waals surface area contributed by atoms with Crippen LogP contribution in [0.3, 0.4) is 0 Å². The highest BCUT2D eigenvalue weighted by Gasteiger charge is 2.36. The zero-order valence-electron chi connectivity index (χ0n) is 21.9. The van der Waals surface area contributed by atoms with Gasteiger partial charge in [-0.1, -0.05) is 6.92 Å². The van der Waals surface area contributed by atoms with Gasteiger partial charge in [0.2, 0.25) is 0 Å². The van der Waals surface area contributed by atoms with Crippen LogP contribution in [-0.4, -0.2) is 52.0 Å². The molecule has 3 heterocycles. The fourth-order valence-corrected chi connectivity index (χ4v) is 5.54. The van der Waals surface area contributed by atoms with Gasteiger partial charge in [0.25, 0.3) is 0 Å². The molecule has 0 radical (unpaired) electrons. The van der Waals surface area contributed by atoms with E-state index < -0.39 is 17.7 Å². The average Bonchev–Trinajstić information content (AvgIpc) is 3.32. The van der Waals surface area contributed by atoms with Gasteiger partial charge in [0.05, 0.1) is 37.2 Å². The van der Waals surface area contributed by atoms with E-state index in [1.807, 2.05) is 6.07 Å². The van der Waals surface area contributed by atoms with Gasteiger partial charge >= 0.3 is 6.09 Å². The van der Waals surface area contributed by atoms with Crippen LogP contribution in [0.5, 0.6) is 5.75 Å². The van der Waals surface area contributed by atoms with Gasteiger partial charge in [-0.25, -0.2) is 23.1 Å². The molecule has 3 aromatic heterocycles. The molecule has 4 atom stereocenters. The van der Waals surface area contributed by atoms with E-state index >= 15 is 0 Å². The first-order chi connectivity index (χ1) is 18.8. The van der Waals surface area contributed by atoms with Crippen molar-refractivity contribution in [3.8, 4) is 17.0 Å². The Labute approximate surface area is 224 Å². The fraction of sp³-hybridized carbons (Fsp3) is 0.357. The number of hydrogen-bond donors (Lipinski definition) is 2. The first-order valence-electron chi connectivity index (χ1n) is 12.7. The van der Waals surface area contributed by atoms with Gasteiger partial charge in [-0.2, -0.15) is 5.10 Å². The summed E-state index contributed by atoms with van der Waals surface area (Å²) in [7, 11) is 2.68. The lowest BCUT2D eigenvalue weighted by Gasteiger charge is -2.39. The zero-order valence-corrected chi connectivity index (χ0v) is 21.9. The number of halogens is 2. The predicted molar refractivity (Wildman–Crippen MR) is 140 cm³/mol. The van der Waals surface area contributed by atoms with Crippen molar-refractivity contribution in [1.82, 2.24) is 24.9 Å². The molecule has 1 aliphatic carbocycles. The van der Waals surface area contributed by atoms with Crippen LogP contribution >= 0.6 is 0 Å². The van der Waals surface area contributed by atoms with Crippen LogP contribution in [-0.2, 0) is 11.2 Å². The lowest BCUT2D eigenvalue weighted by Crippen LogP contribution is -2.54. The van der Waals surface area contributed by atoms with Crippen molar-refractivity contribution in [3.05, 3.63) is 77.5 Å². The molecule has 39 heavy (non-hydrogen) atoms. The molecule has 0 unspecified atom stereocenters. The molecular weight excluding hydrogens is 506 g/mol. The Morgan fingerprint density at radius 3 is 2.62 bits per heavy atom. The van der Waals surface area contributed by atoms with Crippen LogP contribution in [0.15, 0.2) is 48.9 Å². The lowest BCUT2D eigenvalue weighted by atomic mass is 9.72. The Kier molecular flexibility index (Phi) is 7.42. The summed E-state index contributed by atoms with van der Waals surface area (Å²) in [6.45, 7) is 2.07. The second kappa shape index (κ2) is 10.9. The van der Waals surface area contributed by atoms with Crippen molar-refractivity contribution >= 4 is 11.6 Å². The largest absolute Gasteiger partial charge is 0.497 e. The van der Waals surface area contributed by atoms with E-state index in [1.54, 1.807) is 35.2 Å². The second-order valence-corrected chi connectivity index (χ2v) is 9.92. The third-order valence-corrected chi connectivity index (χ3v) is 7.45. The van der Waals surface area contributed by atoms with Gasteiger partial charge in [0.15, 0.2) is 0 Å². The molecule has 4 aromatic rings. The molecule has 3 N–H and O–H groups in total. The summed E-state index contributed by atoms with van der Waals surface area (Å²) < 4.78 is 40.8. The molecule has 0 bridgehead atoms. The summed E-state index contributed by atoms with van der Waals surface area (Å²) in [6, 6.07) is 7.10. The van der Waals surface area contributed by atoms with Gasteiger partial charge in [-0.15, -0.1) is 0 Å². The number of amides is 1. The minimum Gasteiger partial charge on any atom is -0.497 e. The molecule has 1 saturated carbocycles. The highest BCUT2D eigenvalue weighted by Crippen LogP contribution is 2.37. The smallest absolute Gasteiger partial charge is 0.407 e. The molecule has 1 fully saturated rings. The number of pyridine rings is 1. The summed E-state index contributed by atoms with van der Waals surface area (Å²) in [4.78, 5) is 20.7. The Bertz CT molecular complexity index is 1470. The monoisotopic (exact) mass is 536 g/mol. The van der Waals surface area contributed by atoms with Gasteiger partial charge in [0, 0.05) is 43.0 Å². The Balaban J connectivity index is 1.44. The van der Waals surface area contributed by atoms with Crippen LogP contribution in [0.4, 0.5) is 13.6 Å². The minimum atomic E-state index is -0.766. The number of ether oxygens (including phenoxy) is 2. The number of benzene rings is 1. The summed E-state index contributed by atoms with van der Waals surface area (Å²) in [6.07, 6.45) is 6.64. The highest BCUT2D eigenvalue weighted by atomic mass is 19.1. The number of hydrogen-bond acceptors (Lipinski definition) is 7. The Hall–Kier alpha value is -4.12. The van der Waals surface area contributed by atoms with Gasteiger partial charge in [-0.3, -0.25) is 4.98 Å². The van der Waals surface area contributed by atoms with E-state index in [1.165, 1.54) is 14.2 Å². The predicted octanol–water partition coefficient (Wildman–Crippen LogP) is 4.23. The molecule has 1 amide bonds. The van der Waals surface area contributed by atoms with E-state index in [2.05, 4.69) is 27.3 Å². The first-order valence-corrected chi connectivity index (χ1v) is 12.7. The number of nitrogens with two attached hydrogens (primary N) is 1. The molecule has 204 valence electrons. The van der Waals surface area contributed by atoms with E-state index in [9.17, 15) is 13.6 Å². The van der Waals surface area contributed by atoms with E-state index in [-0.39, 0.29) is 40.9 Å². The first kappa shape index (κ1) is 26.5. The maximum absolute atomic E-state index is 14.8. The summed E-state index contributed by atoms with van der Waals surface area (Å²) >= 11 is 0. The van der Waals surface area contributed by atoms with Crippen molar-refractivity contribution in [2.75, 3.05) is 14.2 Å². The Morgan fingerprint density at radius 2 is 1.92 bits per heavy atom. The topological polar surface area (TPSA) is 117 Å². The molecule has 11 heteroatoms. The van der Waals surface area contributed by atoms with E-state index in [4.69, 9.17) is 15.2 Å². The molecule has 0 spiro atoms. The van der Waals surface area contributed by atoms with Crippen LogP contribution < -0.4 is 15.8 Å². The fourth-order valence-electron chi connectivity index (χ4n) is 5.54. The number of rotatable bonds is 6. The summed E-state index contributed by atoms with van der Waals surface area (Å²) in [5.41, 5.74) is 9.15. The molecule has 1 aliphatic rings. The summed E-state index contributed by atoms with van der Waals surface area (Å²) in [5, 5.41) is 7.40. The third kappa shape index (κ3) is 5.26. The van der Waals surface area contributed by atoms with Crippen molar-refractivity contribution in [2.45, 2.75) is 44.2 Å². The quantitative estimate of drug-likeness (QED) is 0.379. The summed E-state index contributed by atoms with van der Waals surface area (Å²) in [5.74, 6) is -0.555. The number of alkyl carbamates (subject to hydrolysis) is 1. The van der Waals surface area contributed by atoms with Gasteiger partial charge < -0.3 is 20.5 Å². The molecule has 1 aromatic carbocycles.